The third-order valence-corrected chi connectivity index (χ3v) is 15.5. The van der Waals surface area contributed by atoms with Gasteiger partial charge in [0.25, 0.3) is 5.91 Å². The lowest BCUT2D eigenvalue weighted by Gasteiger charge is -2.34. The smallest absolute Gasteiger partial charge is 0.408 e. The molecule has 1 aliphatic heterocycles. The van der Waals surface area contributed by atoms with Crippen LogP contribution in [0.25, 0.3) is 0 Å². The minimum Gasteiger partial charge on any atom is -0.453 e. The fourth-order valence-corrected chi connectivity index (χ4v) is 10.0. The van der Waals surface area contributed by atoms with Crippen LogP contribution in [0.2, 0.25) is 0 Å². The zero-order valence-electron chi connectivity index (χ0n) is 59.7. The van der Waals surface area contributed by atoms with Gasteiger partial charge in [0.1, 0.15) is 66.0 Å². The molecule has 0 bridgehead atoms. The van der Waals surface area contributed by atoms with Crippen LogP contribution in [0.15, 0.2) is 30.3 Å². The minimum atomic E-state index is -2.61. The predicted octanol–water partition coefficient (Wildman–Crippen LogP) is -3.52. The summed E-state index contributed by atoms with van der Waals surface area (Å²) in [4.78, 5) is 198. The van der Waals surface area contributed by atoms with Crippen molar-refractivity contribution in [3.05, 3.63) is 35.9 Å². The summed E-state index contributed by atoms with van der Waals surface area (Å²) in [7, 11) is 0. The molecular formula is C65H108N16O19. The van der Waals surface area contributed by atoms with Gasteiger partial charge in [0.2, 0.25) is 65.0 Å². The number of nitrogens with one attached hydrogen (secondary N) is 14. The molecule has 1 heterocycles. The highest BCUT2D eigenvalue weighted by atomic mass is 16.6. The zero-order chi connectivity index (χ0) is 76.2. The summed E-state index contributed by atoms with van der Waals surface area (Å²) in [5, 5.41) is 73.2. The minimum absolute atomic E-state index is 0.00126. The van der Waals surface area contributed by atoms with Crippen molar-refractivity contribution < 1.29 is 91.9 Å². The number of alkyl carbamates (subject to hydrolysis) is 1. The number of rotatable bonds is 25. The first-order chi connectivity index (χ1) is 46.5. The van der Waals surface area contributed by atoms with Crippen LogP contribution in [-0.2, 0) is 71.8 Å². The number of nitrogens with two attached hydrogens (primary N) is 2. The Hall–Kier alpha value is -9.25. The first kappa shape index (κ1) is 86.8. The largest absolute Gasteiger partial charge is 0.453 e. The second-order valence-electron chi connectivity index (χ2n) is 27.4. The summed E-state index contributed by atoms with van der Waals surface area (Å²) in [6.07, 6.45) is -9.36. The summed E-state index contributed by atoms with van der Waals surface area (Å²) in [6, 6.07) is -10.9. The Morgan fingerprint density at radius 1 is 0.640 bits per heavy atom. The lowest BCUT2D eigenvalue weighted by Crippen LogP contribution is -2.64. The van der Waals surface area contributed by atoms with Crippen molar-refractivity contribution in [1.29, 1.82) is 5.41 Å². The van der Waals surface area contributed by atoms with Gasteiger partial charge in [-0.3, -0.25) is 62.9 Å². The van der Waals surface area contributed by atoms with Crippen LogP contribution in [0.3, 0.4) is 0 Å². The number of aliphatic hydroxyl groups is 3. The molecule has 35 nitrogen and oxygen atoms in total. The van der Waals surface area contributed by atoms with E-state index < -0.39 is 216 Å². The number of esters is 1. The van der Waals surface area contributed by atoms with Crippen molar-refractivity contribution in [2.75, 3.05) is 19.6 Å². The van der Waals surface area contributed by atoms with Crippen LogP contribution in [0.4, 0.5) is 4.79 Å². The van der Waals surface area contributed by atoms with E-state index in [0.717, 1.165) is 13.8 Å². The number of benzene rings is 1. The second-order valence-corrected chi connectivity index (χ2v) is 27.4. The lowest BCUT2D eigenvalue weighted by molar-refractivity contribution is -0.158. The van der Waals surface area contributed by atoms with Gasteiger partial charge >= 0.3 is 12.1 Å². The number of ether oxygens (including phenoxy) is 2. The Bertz CT molecular complexity index is 3000. The monoisotopic (exact) mass is 1420 g/mol. The van der Waals surface area contributed by atoms with Gasteiger partial charge in [0, 0.05) is 6.54 Å². The molecule has 0 saturated carbocycles. The zero-order valence-corrected chi connectivity index (χ0v) is 59.7. The Labute approximate surface area is 582 Å². The SMILES string of the molecule is CC[C@H](C)[C@@H]1NC(=O)[C@@H](CCCNC(=N)N)NC(=O)[C@H](CC(C)C)NC(=O)[C@H]([C@H](O)C(C)C)NC(=O)[C@@H](NC(=O)[C@H](CC(C)C)NC(=O)[C@@H](CC(C)C)NC(=O)OC(C)(C)C)[C@@H](c2ccccc2)OC(=O)[C@H](C)NC(=O)[C@H]([C@H](O)C(=O)NCC(N)=O)NC(=O)CNC(=O)[C@H]([C@H](C)O)NC1=O. The maximum Gasteiger partial charge on any atom is 0.408 e. The van der Waals surface area contributed by atoms with Crippen LogP contribution in [0.1, 0.15) is 154 Å². The first-order valence-corrected chi connectivity index (χ1v) is 33.4. The van der Waals surface area contributed by atoms with Gasteiger partial charge in [-0.05, 0) is 102 Å². The number of amides is 13. The molecule has 0 unspecified atom stereocenters. The Morgan fingerprint density at radius 2 is 1.18 bits per heavy atom. The number of guanidine groups is 1. The van der Waals surface area contributed by atoms with E-state index in [1.807, 2.05) is 5.32 Å². The molecule has 2 rings (SSSR count). The maximum absolute atomic E-state index is 15.6. The quantitative estimate of drug-likeness (QED) is 0.0195. The van der Waals surface area contributed by atoms with E-state index in [-0.39, 0.29) is 56.6 Å². The van der Waals surface area contributed by atoms with E-state index in [9.17, 15) is 68.1 Å². The molecule has 0 aliphatic carbocycles. The van der Waals surface area contributed by atoms with Gasteiger partial charge < -0.3 is 105 Å². The van der Waals surface area contributed by atoms with Crippen molar-refractivity contribution in [2.24, 2.45) is 41.1 Å². The average molecular weight is 1420 g/mol. The summed E-state index contributed by atoms with van der Waals surface area (Å²) in [5.74, 6) is -18.7. The predicted molar refractivity (Wildman–Crippen MR) is 362 cm³/mol. The lowest BCUT2D eigenvalue weighted by atomic mass is 9.95. The molecule has 35 heteroatoms. The van der Waals surface area contributed by atoms with Crippen LogP contribution in [0.5, 0.6) is 0 Å². The first-order valence-electron chi connectivity index (χ1n) is 33.4. The van der Waals surface area contributed by atoms with Gasteiger partial charge in [-0.2, -0.15) is 0 Å². The highest BCUT2D eigenvalue weighted by Gasteiger charge is 2.44. The van der Waals surface area contributed by atoms with E-state index >= 15 is 14.4 Å². The van der Waals surface area contributed by atoms with Crippen molar-refractivity contribution in [3.8, 4) is 0 Å². The van der Waals surface area contributed by atoms with Gasteiger partial charge in [0.05, 0.1) is 25.3 Å². The molecule has 13 amide bonds. The standard InChI is InChI=1S/C65H108N16O19/c1-16-34(10)44-57(92)79-45(36(12)82)56(91)71-29-43(84)77-47(50(86)61(96)70-28-42(66)83)58(93)72-35(11)62(97)99-51(37-21-18-17-19-22-37)48(81-55(90)40(26-31(4)5)74-54(89)41(27-32(6)7)76-64(98)100-65(13,14)15)60(95)80-46(49(85)33(8)9)59(94)75-39(25-30(2)3)53(88)73-38(52(87)78-44)23-20-24-69-63(67)68/h17-19,21-22,30-36,38-41,44-51,82,85-86H,16,20,23-29H2,1-15H3,(H2,66,83)(H,70,96)(H,71,91)(H,72,93)(H,73,88)(H,74,89)(H,75,94)(H,76,98)(H,77,84)(H,78,87)(H,79,92)(H,80,95)(H,81,90)(H4,67,68,69)/t34-,35-,36-,38+,39-,40-,41+,44-,45-,46-,47-,48-,49+,50-,51+/m0/s1. The van der Waals surface area contributed by atoms with E-state index in [4.69, 9.17) is 26.4 Å². The molecule has 1 aromatic rings. The molecule has 21 N–H and O–H groups in total. The molecule has 562 valence electrons. The van der Waals surface area contributed by atoms with Gasteiger partial charge in [-0.15, -0.1) is 0 Å². The van der Waals surface area contributed by atoms with Gasteiger partial charge in [0.15, 0.2) is 18.2 Å². The van der Waals surface area contributed by atoms with Gasteiger partial charge in [-0.1, -0.05) is 106 Å². The normalized spacial score (nSPS) is 23.4. The number of primary amides is 1. The van der Waals surface area contributed by atoms with Crippen molar-refractivity contribution in [2.45, 2.75) is 233 Å². The van der Waals surface area contributed by atoms with Crippen LogP contribution >= 0.6 is 0 Å². The summed E-state index contributed by atoms with van der Waals surface area (Å²) >= 11 is 0. The number of hydrogen-bond donors (Lipinski definition) is 19. The fraction of sp³-hybridized carbons (Fsp3) is 0.677. The van der Waals surface area contributed by atoms with Crippen LogP contribution in [-0.4, -0.2) is 208 Å². The third kappa shape index (κ3) is 30.1. The maximum atomic E-state index is 15.6. The Morgan fingerprint density at radius 3 is 1.71 bits per heavy atom. The molecule has 1 aliphatic rings. The summed E-state index contributed by atoms with van der Waals surface area (Å²) < 4.78 is 11.5. The van der Waals surface area contributed by atoms with Crippen LogP contribution in [0, 0.1) is 35.0 Å². The molecule has 1 aromatic carbocycles. The number of carbonyl (C=O) groups excluding carboxylic acids is 14. The molecule has 0 radical (unpaired) electrons. The highest BCUT2D eigenvalue weighted by Crippen LogP contribution is 2.25. The fourth-order valence-electron chi connectivity index (χ4n) is 10.0. The topological polar surface area (TPSA) is 550 Å². The van der Waals surface area contributed by atoms with Gasteiger partial charge in [-0.25, -0.2) is 9.59 Å². The molecule has 15 atom stereocenters. The molecular weight excluding hydrogens is 1310 g/mol. The van der Waals surface area contributed by atoms with E-state index in [2.05, 4.69) is 63.8 Å². The van der Waals surface area contributed by atoms with E-state index in [1.54, 1.807) is 76.2 Å². The van der Waals surface area contributed by atoms with Crippen molar-refractivity contribution in [1.82, 2.24) is 69.1 Å². The summed E-state index contributed by atoms with van der Waals surface area (Å²) in [5.41, 5.74) is 9.65. The number of hydrogen-bond acceptors (Lipinski definition) is 20. The molecule has 0 aromatic heterocycles. The summed E-state index contributed by atoms with van der Waals surface area (Å²) in [6.45, 7) is 21.5. The van der Waals surface area contributed by atoms with Crippen molar-refractivity contribution in [3.63, 3.8) is 0 Å². The molecule has 1 saturated heterocycles. The number of aliphatic hydroxyl groups excluding tert-OH is 3. The Kier molecular flexibility index (Phi) is 35.9. The molecule has 1 fully saturated rings. The highest BCUT2D eigenvalue weighted by molar-refractivity contribution is 6.01. The van der Waals surface area contributed by atoms with E-state index in [0.29, 0.717) is 0 Å². The molecule has 100 heavy (non-hydrogen) atoms. The Balaban J connectivity index is 3.18. The van der Waals surface area contributed by atoms with E-state index in [1.165, 1.54) is 44.2 Å². The van der Waals surface area contributed by atoms with Crippen molar-refractivity contribution >= 4 is 88.9 Å². The number of carbonyl (C=O) groups is 14. The third-order valence-electron chi connectivity index (χ3n) is 15.5. The second kappa shape index (κ2) is 41.4. The van der Waals surface area contributed by atoms with Crippen LogP contribution < -0.4 is 80.6 Å². The molecule has 0 spiro atoms. The number of cyclic esters (lactones) is 1. The average Bonchev–Trinajstić information content (AvgIpc) is 0.815.